The van der Waals surface area contributed by atoms with Crippen LogP contribution in [-0.2, 0) is 0 Å². The fourth-order valence-corrected chi connectivity index (χ4v) is 2.26. The summed E-state index contributed by atoms with van der Waals surface area (Å²) in [5.41, 5.74) is 6.36. The molecule has 1 aromatic carbocycles. The van der Waals surface area contributed by atoms with Crippen molar-refractivity contribution >= 4 is 21.7 Å². The third-order valence-corrected chi connectivity index (χ3v) is 3.26. The number of rotatable bonds is 1. The quantitative estimate of drug-likeness (QED) is 0.877. The van der Waals surface area contributed by atoms with Crippen LogP contribution in [0.5, 0.6) is 11.5 Å². The molecule has 6 heteroatoms. The predicted molar refractivity (Wildman–Crippen MR) is 69.7 cm³/mol. The van der Waals surface area contributed by atoms with Crippen molar-refractivity contribution in [3.05, 3.63) is 22.7 Å². The number of benzene rings is 1. The maximum Gasteiger partial charge on any atom is 0.176 e. The molecular weight excluding hydrogens is 300 g/mol. The Morgan fingerprint density at radius 1 is 1.17 bits per heavy atom. The molecule has 0 fully saturated rings. The van der Waals surface area contributed by atoms with Crippen molar-refractivity contribution < 1.29 is 14.0 Å². The number of nitrogens with two attached hydrogens (primary N) is 1. The van der Waals surface area contributed by atoms with Crippen LogP contribution in [0.4, 0.5) is 5.82 Å². The first-order chi connectivity index (χ1) is 8.75. The molecule has 3 rings (SSSR count). The minimum atomic E-state index is 0.344. The van der Waals surface area contributed by atoms with Crippen molar-refractivity contribution in [3.8, 4) is 22.8 Å². The van der Waals surface area contributed by atoms with Crippen LogP contribution in [0.2, 0.25) is 0 Å². The van der Waals surface area contributed by atoms with Crippen LogP contribution in [0.25, 0.3) is 11.3 Å². The number of anilines is 1. The number of hydrogen-bond acceptors (Lipinski definition) is 5. The third kappa shape index (κ3) is 1.92. The van der Waals surface area contributed by atoms with Crippen LogP contribution < -0.4 is 15.2 Å². The van der Waals surface area contributed by atoms with Gasteiger partial charge in [0.15, 0.2) is 23.1 Å². The van der Waals surface area contributed by atoms with Crippen molar-refractivity contribution in [2.75, 3.05) is 18.9 Å². The zero-order valence-electron chi connectivity index (χ0n) is 9.48. The Hall–Kier alpha value is -1.69. The van der Waals surface area contributed by atoms with Crippen LogP contribution in [0.1, 0.15) is 6.42 Å². The van der Waals surface area contributed by atoms with E-state index in [1.807, 2.05) is 12.1 Å². The summed E-state index contributed by atoms with van der Waals surface area (Å²) >= 11 is 3.45. The Morgan fingerprint density at radius 3 is 2.67 bits per heavy atom. The molecule has 2 aromatic rings. The summed E-state index contributed by atoms with van der Waals surface area (Å²) in [4.78, 5) is 0. The normalized spacial score (nSPS) is 14.3. The lowest BCUT2D eigenvalue weighted by molar-refractivity contribution is 0.296. The van der Waals surface area contributed by atoms with E-state index in [4.69, 9.17) is 19.7 Å². The lowest BCUT2D eigenvalue weighted by Crippen LogP contribution is -1.97. The Bertz CT molecular complexity index is 583. The first kappa shape index (κ1) is 11.4. The zero-order valence-corrected chi connectivity index (χ0v) is 11.1. The van der Waals surface area contributed by atoms with E-state index >= 15 is 0 Å². The minimum Gasteiger partial charge on any atom is -0.489 e. The Labute approximate surface area is 112 Å². The number of aromatic nitrogens is 1. The van der Waals surface area contributed by atoms with Gasteiger partial charge in [0.25, 0.3) is 0 Å². The first-order valence-corrected chi connectivity index (χ1v) is 6.35. The summed E-state index contributed by atoms with van der Waals surface area (Å²) in [5, 5.41) is 3.68. The Balaban J connectivity index is 2.15. The van der Waals surface area contributed by atoms with E-state index < -0.39 is 0 Å². The first-order valence-electron chi connectivity index (χ1n) is 5.56. The van der Waals surface area contributed by atoms with Gasteiger partial charge in [-0.25, -0.2) is 0 Å². The second-order valence-corrected chi connectivity index (χ2v) is 4.77. The SMILES string of the molecule is Nc1cc(-c2ccc(Br)c3c2OCCCO3)on1. The van der Waals surface area contributed by atoms with E-state index in [0.29, 0.717) is 36.3 Å². The molecule has 0 saturated carbocycles. The number of ether oxygens (including phenoxy) is 2. The van der Waals surface area contributed by atoms with Gasteiger partial charge in [-0.1, -0.05) is 5.16 Å². The van der Waals surface area contributed by atoms with Crippen molar-refractivity contribution in [2.45, 2.75) is 6.42 Å². The summed E-state index contributed by atoms with van der Waals surface area (Å²) in [6.45, 7) is 1.24. The molecule has 0 radical (unpaired) electrons. The number of fused-ring (bicyclic) bond motifs is 1. The van der Waals surface area contributed by atoms with Crippen LogP contribution in [0.15, 0.2) is 27.2 Å². The number of nitrogens with zero attached hydrogens (tertiary/aromatic N) is 1. The van der Waals surface area contributed by atoms with Crippen LogP contribution in [-0.4, -0.2) is 18.4 Å². The summed E-state index contributed by atoms with van der Waals surface area (Å²) in [5.74, 6) is 2.27. The maximum absolute atomic E-state index is 5.74. The number of nitrogen functional groups attached to an aromatic ring is 1. The van der Waals surface area contributed by atoms with Crippen molar-refractivity contribution in [3.63, 3.8) is 0 Å². The van der Waals surface area contributed by atoms with Gasteiger partial charge < -0.3 is 19.7 Å². The molecule has 0 unspecified atom stereocenters. The zero-order chi connectivity index (χ0) is 12.5. The molecule has 0 atom stereocenters. The fourth-order valence-electron chi connectivity index (χ4n) is 1.83. The molecular formula is C12H11BrN2O3. The summed E-state index contributed by atoms with van der Waals surface area (Å²) in [6, 6.07) is 5.44. The van der Waals surface area contributed by atoms with E-state index in [1.54, 1.807) is 6.07 Å². The number of hydrogen-bond donors (Lipinski definition) is 1. The highest BCUT2D eigenvalue weighted by atomic mass is 79.9. The molecule has 2 N–H and O–H groups in total. The highest BCUT2D eigenvalue weighted by Gasteiger charge is 2.21. The van der Waals surface area contributed by atoms with Crippen LogP contribution in [0, 0.1) is 0 Å². The largest absolute Gasteiger partial charge is 0.489 e. The molecule has 0 aliphatic carbocycles. The minimum absolute atomic E-state index is 0.344. The molecule has 0 spiro atoms. The van der Waals surface area contributed by atoms with Gasteiger partial charge in [-0.3, -0.25) is 0 Å². The van der Waals surface area contributed by atoms with Gasteiger partial charge in [0.1, 0.15) is 0 Å². The fraction of sp³-hybridized carbons (Fsp3) is 0.250. The summed E-state index contributed by atoms with van der Waals surface area (Å²) in [6.07, 6.45) is 0.846. The molecule has 94 valence electrons. The monoisotopic (exact) mass is 310 g/mol. The molecule has 0 bridgehead atoms. The third-order valence-electron chi connectivity index (χ3n) is 2.64. The van der Waals surface area contributed by atoms with Gasteiger partial charge in [0.05, 0.1) is 23.2 Å². The highest BCUT2D eigenvalue weighted by Crippen LogP contribution is 2.44. The molecule has 2 heterocycles. The Kier molecular flexibility index (Phi) is 2.87. The average Bonchev–Trinajstić information content (AvgIpc) is 2.64. The molecule has 5 nitrogen and oxygen atoms in total. The second kappa shape index (κ2) is 4.53. The standard InChI is InChI=1S/C12H11BrN2O3/c13-8-3-2-7(9-6-10(14)15-18-9)11-12(8)17-5-1-4-16-11/h2-3,6H,1,4-5H2,(H2,14,15). The molecule has 18 heavy (non-hydrogen) atoms. The predicted octanol–water partition coefficient (Wildman–Crippen LogP) is 2.85. The van der Waals surface area contributed by atoms with Gasteiger partial charge >= 0.3 is 0 Å². The lowest BCUT2D eigenvalue weighted by atomic mass is 10.1. The molecule has 0 saturated heterocycles. The van der Waals surface area contributed by atoms with Gasteiger partial charge in [0.2, 0.25) is 0 Å². The topological polar surface area (TPSA) is 70.5 Å². The molecule has 0 amide bonds. The van der Waals surface area contributed by atoms with E-state index in [2.05, 4.69) is 21.1 Å². The number of halogens is 1. The van der Waals surface area contributed by atoms with Gasteiger partial charge in [-0.15, -0.1) is 0 Å². The van der Waals surface area contributed by atoms with E-state index in [-0.39, 0.29) is 0 Å². The van der Waals surface area contributed by atoms with Gasteiger partial charge in [-0.05, 0) is 28.1 Å². The average molecular weight is 311 g/mol. The molecule has 1 aliphatic heterocycles. The Morgan fingerprint density at radius 2 is 1.94 bits per heavy atom. The summed E-state index contributed by atoms with van der Waals surface area (Å²) in [7, 11) is 0. The maximum atomic E-state index is 5.74. The van der Waals surface area contributed by atoms with E-state index in [9.17, 15) is 0 Å². The van der Waals surface area contributed by atoms with Gasteiger partial charge in [-0.2, -0.15) is 0 Å². The van der Waals surface area contributed by atoms with E-state index in [1.165, 1.54) is 0 Å². The highest BCUT2D eigenvalue weighted by molar-refractivity contribution is 9.10. The van der Waals surface area contributed by atoms with E-state index in [0.717, 1.165) is 16.5 Å². The second-order valence-electron chi connectivity index (χ2n) is 3.92. The lowest BCUT2D eigenvalue weighted by Gasteiger charge is -2.12. The van der Waals surface area contributed by atoms with Crippen LogP contribution in [0.3, 0.4) is 0 Å². The molecule has 1 aliphatic rings. The van der Waals surface area contributed by atoms with Crippen LogP contribution >= 0.6 is 15.9 Å². The van der Waals surface area contributed by atoms with Gasteiger partial charge in [0, 0.05) is 12.5 Å². The smallest absolute Gasteiger partial charge is 0.176 e. The van der Waals surface area contributed by atoms with Crippen molar-refractivity contribution in [1.82, 2.24) is 5.16 Å². The molecule has 1 aromatic heterocycles. The van der Waals surface area contributed by atoms with Crippen molar-refractivity contribution in [1.29, 1.82) is 0 Å². The van der Waals surface area contributed by atoms with Crippen molar-refractivity contribution in [2.24, 2.45) is 0 Å². The summed E-state index contributed by atoms with van der Waals surface area (Å²) < 4.78 is 17.5.